The summed E-state index contributed by atoms with van der Waals surface area (Å²) in [5, 5.41) is 1.78. The Morgan fingerprint density at radius 3 is 2.41 bits per heavy atom. The maximum absolute atomic E-state index is 12.5. The van der Waals surface area contributed by atoms with Gasteiger partial charge in [0, 0.05) is 27.7 Å². The van der Waals surface area contributed by atoms with Gasteiger partial charge < -0.3 is 18.6 Å². The van der Waals surface area contributed by atoms with Crippen LogP contribution in [-0.4, -0.2) is 31.2 Å². The van der Waals surface area contributed by atoms with Crippen LogP contribution in [0, 0.1) is 0 Å². The highest BCUT2D eigenvalue weighted by molar-refractivity contribution is 9.10. The molecule has 138 valence electrons. The lowest BCUT2D eigenvalue weighted by atomic mass is 10.0. The van der Waals surface area contributed by atoms with Crippen molar-refractivity contribution >= 4 is 38.2 Å². The molecule has 4 rings (SSSR count). The van der Waals surface area contributed by atoms with Crippen LogP contribution in [0.3, 0.4) is 0 Å². The van der Waals surface area contributed by atoms with Gasteiger partial charge in [-0.3, -0.25) is 0 Å². The van der Waals surface area contributed by atoms with Gasteiger partial charge in [-0.05, 0) is 30.7 Å². The van der Waals surface area contributed by atoms with Gasteiger partial charge in [0.15, 0.2) is 0 Å². The molecule has 0 aliphatic rings. The number of rotatable bonds is 5. The van der Waals surface area contributed by atoms with E-state index in [1.807, 2.05) is 47.0 Å². The van der Waals surface area contributed by atoms with Crippen molar-refractivity contribution in [2.24, 2.45) is 0 Å². The molecule has 0 saturated carbocycles. The summed E-state index contributed by atoms with van der Waals surface area (Å²) in [6.45, 7) is 2.11. The number of carbonyl (C=O) groups excluding carboxylic acids is 1. The summed E-state index contributed by atoms with van der Waals surface area (Å²) >= 11 is 3.47. The van der Waals surface area contributed by atoms with Crippen molar-refractivity contribution in [1.29, 1.82) is 0 Å². The van der Waals surface area contributed by atoms with E-state index in [9.17, 15) is 4.79 Å². The van der Waals surface area contributed by atoms with E-state index in [1.165, 1.54) is 0 Å². The predicted molar refractivity (Wildman–Crippen MR) is 108 cm³/mol. The maximum Gasteiger partial charge on any atom is 0.355 e. The number of ether oxygens (including phenoxy) is 3. The minimum atomic E-state index is -0.367. The number of methoxy groups -OCH3 is 2. The number of carbonyl (C=O) groups is 1. The average molecular weight is 428 g/mol. The zero-order valence-corrected chi connectivity index (χ0v) is 16.8. The van der Waals surface area contributed by atoms with E-state index in [0.29, 0.717) is 23.8 Å². The molecule has 2 aromatic heterocycles. The molecule has 27 heavy (non-hydrogen) atoms. The second-order valence-corrected chi connectivity index (χ2v) is 7.00. The van der Waals surface area contributed by atoms with Crippen molar-refractivity contribution in [2.45, 2.75) is 6.92 Å². The topological polar surface area (TPSA) is 49.2 Å². The van der Waals surface area contributed by atoms with Crippen LogP contribution in [-0.2, 0) is 4.74 Å². The lowest BCUT2D eigenvalue weighted by Gasteiger charge is -2.09. The van der Waals surface area contributed by atoms with E-state index in [2.05, 4.69) is 15.9 Å². The van der Waals surface area contributed by atoms with E-state index in [-0.39, 0.29) is 5.97 Å². The fraction of sp³-hybridized carbons (Fsp3) is 0.190. The van der Waals surface area contributed by atoms with Gasteiger partial charge >= 0.3 is 5.97 Å². The van der Waals surface area contributed by atoms with Gasteiger partial charge in [-0.15, -0.1) is 0 Å². The number of hydrogen-bond acceptors (Lipinski definition) is 4. The van der Waals surface area contributed by atoms with Crippen LogP contribution >= 0.6 is 15.9 Å². The number of halogens is 1. The first kappa shape index (κ1) is 17.7. The summed E-state index contributed by atoms with van der Waals surface area (Å²) in [7, 11) is 3.24. The molecular weight excluding hydrogens is 410 g/mol. The quantitative estimate of drug-likeness (QED) is 0.413. The van der Waals surface area contributed by atoms with E-state index >= 15 is 0 Å². The summed E-state index contributed by atoms with van der Waals surface area (Å²) in [6, 6.07) is 11.7. The molecule has 5 nitrogen and oxygen atoms in total. The van der Waals surface area contributed by atoms with Crippen LogP contribution in [0.15, 0.2) is 47.1 Å². The lowest BCUT2D eigenvalue weighted by molar-refractivity contribution is 0.0518. The Kier molecular flexibility index (Phi) is 4.44. The van der Waals surface area contributed by atoms with Crippen molar-refractivity contribution < 1.29 is 19.0 Å². The second kappa shape index (κ2) is 6.78. The molecule has 0 bridgehead atoms. The molecule has 0 atom stereocenters. The number of aromatic nitrogens is 1. The van der Waals surface area contributed by atoms with E-state index in [1.54, 1.807) is 21.1 Å². The monoisotopic (exact) mass is 427 g/mol. The summed E-state index contributed by atoms with van der Waals surface area (Å²) < 4.78 is 19.3. The van der Waals surface area contributed by atoms with Crippen molar-refractivity contribution in [3.8, 4) is 22.6 Å². The van der Waals surface area contributed by atoms with E-state index < -0.39 is 0 Å². The van der Waals surface area contributed by atoms with E-state index in [0.717, 1.165) is 31.9 Å². The molecule has 0 saturated heterocycles. The molecule has 0 N–H and O–H groups in total. The third-order valence-electron chi connectivity index (χ3n) is 4.65. The first-order chi connectivity index (χ1) is 13.1. The fourth-order valence-corrected chi connectivity index (χ4v) is 3.75. The van der Waals surface area contributed by atoms with Crippen molar-refractivity contribution in [2.75, 3.05) is 20.8 Å². The molecule has 0 unspecified atom stereocenters. The van der Waals surface area contributed by atoms with Gasteiger partial charge in [-0.2, -0.15) is 0 Å². The minimum Gasteiger partial charge on any atom is -0.496 e. The Bertz CT molecular complexity index is 1130. The molecule has 2 heterocycles. The Labute approximate surface area is 164 Å². The normalized spacial score (nSPS) is 11.3. The molecule has 0 aliphatic heterocycles. The summed E-state index contributed by atoms with van der Waals surface area (Å²) in [4.78, 5) is 12.5. The molecule has 6 heteroatoms. The Morgan fingerprint density at radius 1 is 1.07 bits per heavy atom. The predicted octanol–water partition coefficient (Wildman–Crippen LogP) is 5.15. The van der Waals surface area contributed by atoms with Gasteiger partial charge in [-0.25, -0.2) is 4.79 Å². The molecule has 2 aromatic carbocycles. The Balaban J connectivity index is 2.10. The van der Waals surface area contributed by atoms with Crippen molar-refractivity contribution in [3.63, 3.8) is 0 Å². The molecule has 0 spiro atoms. The van der Waals surface area contributed by atoms with Crippen LogP contribution in [0.4, 0.5) is 0 Å². The van der Waals surface area contributed by atoms with E-state index in [4.69, 9.17) is 14.2 Å². The highest BCUT2D eigenvalue weighted by Crippen LogP contribution is 2.45. The highest BCUT2D eigenvalue weighted by atomic mass is 79.9. The Hall–Kier alpha value is -2.73. The van der Waals surface area contributed by atoms with Gasteiger partial charge in [0.25, 0.3) is 0 Å². The first-order valence-corrected chi connectivity index (χ1v) is 9.33. The average Bonchev–Trinajstić information content (AvgIpc) is 3.24. The molecule has 4 aromatic rings. The number of esters is 1. The molecule has 0 radical (unpaired) electrons. The fourth-order valence-electron chi connectivity index (χ4n) is 3.48. The van der Waals surface area contributed by atoms with Crippen LogP contribution < -0.4 is 9.47 Å². The summed E-state index contributed by atoms with van der Waals surface area (Å²) in [5.74, 6) is 0.982. The third kappa shape index (κ3) is 2.72. The van der Waals surface area contributed by atoms with Crippen LogP contribution in [0.2, 0.25) is 0 Å². The minimum absolute atomic E-state index is 0.316. The smallest absolute Gasteiger partial charge is 0.355 e. The van der Waals surface area contributed by atoms with Crippen LogP contribution in [0.1, 0.15) is 17.4 Å². The van der Waals surface area contributed by atoms with Crippen LogP contribution in [0.25, 0.3) is 27.4 Å². The first-order valence-electron chi connectivity index (χ1n) is 8.54. The third-order valence-corrected chi connectivity index (χ3v) is 5.18. The van der Waals surface area contributed by atoms with Gasteiger partial charge in [0.1, 0.15) is 17.2 Å². The summed E-state index contributed by atoms with van der Waals surface area (Å²) in [6.07, 6.45) is 1.95. The second-order valence-electron chi connectivity index (χ2n) is 6.09. The summed E-state index contributed by atoms with van der Waals surface area (Å²) in [5.41, 5.74) is 3.36. The lowest BCUT2D eigenvalue weighted by Crippen LogP contribution is -2.06. The molecule has 0 aliphatic carbocycles. The SMILES string of the molecule is CCOC(=O)c1cc2c(OC)cc(OC)c3c(-c4ccc(Br)cc4)cn1c23. The Morgan fingerprint density at radius 2 is 1.78 bits per heavy atom. The molecular formula is C21H18BrNO4. The van der Waals surface area contributed by atoms with Gasteiger partial charge in [0.2, 0.25) is 0 Å². The van der Waals surface area contributed by atoms with Crippen molar-refractivity contribution in [1.82, 2.24) is 4.40 Å². The number of hydrogen-bond donors (Lipinski definition) is 0. The number of nitrogens with zero attached hydrogens (tertiary/aromatic N) is 1. The zero-order valence-electron chi connectivity index (χ0n) is 15.2. The zero-order chi connectivity index (χ0) is 19.1. The maximum atomic E-state index is 12.5. The van der Waals surface area contributed by atoms with Gasteiger partial charge in [0.05, 0.1) is 31.7 Å². The molecule has 0 fully saturated rings. The molecule has 0 amide bonds. The van der Waals surface area contributed by atoms with Crippen LogP contribution in [0.5, 0.6) is 11.5 Å². The van der Waals surface area contributed by atoms with Gasteiger partial charge in [-0.1, -0.05) is 28.1 Å². The standard InChI is InChI=1S/C21H18BrNO4/c1-4-27-21(24)16-9-14-17(25-2)10-18(26-3)19-15(11-23(16)20(14)19)12-5-7-13(22)8-6-12/h5-11H,4H2,1-3H3. The number of benzene rings is 2. The van der Waals surface area contributed by atoms with Crippen molar-refractivity contribution in [3.05, 3.63) is 52.8 Å². The highest BCUT2D eigenvalue weighted by Gasteiger charge is 2.25. The largest absolute Gasteiger partial charge is 0.496 e.